The molecule has 1 heterocycles. The smallest absolute Gasteiger partial charge is 0.184 e. The molecule has 164 valence electrons. The number of hydrogen-bond donors (Lipinski definition) is 0. The molecule has 0 aliphatic heterocycles. The number of hydrogen-bond acceptors (Lipinski definition) is 3. The molecule has 0 saturated heterocycles. The molecule has 33 heavy (non-hydrogen) atoms. The summed E-state index contributed by atoms with van der Waals surface area (Å²) in [5, 5.41) is 0. The van der Waals surface area contributed by atoms with Crippen LogP contribution >= 0.6 is 0 Å². The maximum atomic E-state index is 13.7. The van der Waals surface area contributed by atoms with Gasteiger partial charge in [0.15, 0.2) is 5.78 Å². The van der Waals surface area contributed by atoms with Crippen LogP contribution in [0.1, 0.15) is 46.4 Å². The third-order valence-electron chi connectivity index (χ3n) is 6.74. The van der Waals surface area contributed by atoms with Gasteiger partial charge in [0.25, 0.3) is 0 Å². The minimum absolute atomic E-state index is 0.0413. The van der Waals surface area contributed by atoms with Gasteiger partial charge in [-0.25, -0.2) is 4.98 Å². The van der Waals surface area contributed by atoms with E-state index in [1.54, 1.807) is 12.5 Å². The van der Waals surface area contributed by atoms with Crippen LogP contribution in [0.15, 0.2) is 104 Å². The van der Waals surface area contributed by atoms with Crippen molar-refractivity contribution in [1.82, 2.24) is 9.55 Å². The fourth-order valence-electron chi connectivity index (χ4n) is 5.06. The van der Waals surface area contributed by atoms with Crippen LogP contribution in [0.4, 0.5) is 0 Å². The van der Waals surface area contributed by atoms with Crippen LogP contribution in [0.5, 0.6) is 0 Å². The lowest BCUT2D eigenvalue weighted by atomic mass is 9.76. The number of ketones is 1. The molecule has 4 aromatic rings. The molecule has 4 nitrogen and oxygen atoms in total. The van der Waals surface area contributed by atoms with Crippen molar-refractivity contribution >= 4 is 12.1 Å². The molecule has 1 aliphatic rings. The Labute approximate surface area is 193 Å². The molecule has 3 aromatic carbocycles. The maximum Gasteiger partial charge on any atom is 0.184 e. The molecule has 1 fully saturated rings. The first kappa shape index (κ1) is 21.1. The maximum absolute atomic E-state index is 13.7. The highest BCUT2D eigenvalue weighted by atomic mass is 16.1. The van der Waals surface area contributed by atoms with Crippen LogP contribution in [0.3, 0.4) is 0 Å². The lowest BCUT2D eigenvalue weighted by Gasteiger charge is -2.38. The van der Waals surface area contributed by atoms with E-state index in [0.717, 1.165) is 35.8 Å². The van der Waals surface area contributed by atoms with Crippen LogP contribution in [0.25, 0.3) is 0 Å². The van der Waals surface area contributed by atoms with E-state index >= 15 is 0 Å². The van der Waals surface area contributed by atoms with Crippen molar-refractivity contribution < 1.29 is 9.59 Å². The predicted octanol–water partition coefficient (Wildman–Crippen LogP) is 5.52. The molecule has 2 atom stereocenters. The van der Waals surface area contributed by atoms with Gasteiger partial charge in [-0.3, -0.25) is 4.79 Å². The lowest BCUT2D eigenvalue weighted by molar-refractivity contribution is -0.108. The fourth-order valence-corrected chi connectivity index (χ4v) is 5.06. The number of aromatic nitrogens is 2. The summed E-state index contributed by atoms with van der Waals surface area (Å²) in [5.74, 6) is 0.349. The molecule has 2 unspecified atom stereocenters. The quantitative estimate of drug-likeness (QED) is 0.198. The Balaban J connectivity index is 1.72. The van der Waals surface area contributed by atoms with Gasteiger partial charge in [0.05, 0.1) is 12.5 Å². The van der Waals surface area contributed by atoms with E-state index in [4.69, 9.17) is 0 Å². The van der Waals surface area contributed by atoms with Crippen LogP contribution in [-0.4, -0.2) is 21.6 Å². The van der Waals surface area contributed by atoms with Crippen molar-refractivity contribution in [2.24, 2.45) is 11.8 Å². The topological polar surface area (TPSA) is 52.0 Å². The third kappa shape index (κ3) is 3.72. The number of imidazole rings is 1. The minimum Gasteiger partial charge on any atom is -0.309 e. The number of carbonyl (C=O) groups is 2. The van der Waals surface area contributed by atoms with Gasteiger partial charge in [0.1, 0.15) is 17.5 Å². The van der Waals surface area contributed by atoms with E-state index < -0.39 is 5.54 Å². The SMILES string of the molecule is O=CCCC1CC1C(=O)c1cncn1C(c1ccccc1)(c1ccccc1)c1ccccc1. The van der Waals surface area contributed by atoms with E-state index in [0.29, 0.717) is 12.1 Å². The van der Waals surface area contributed by atoms with Crippen molar-refractivity contribution in [2.75, 3.05) is 0 Å². The van der Waals surface area contributed by atoms with E-state index in [1.807, 2.05) is 59.2 Å². The van der Waals surface area contributed by atoms with Gasteiger partial charge < -0.3 is 9.36 Å². The average Bonchev–Trinajstić information content (AvgIpc) is 3.50. The van der Waals surface area contributed by atoms with Crippen LogP contribution < -0.4 is 0 Å². The van der Waals surface area contributed by atoms with Crippen molar-refractivity contribution in [1.29, 1.82) is 0 Å². The first-order valence-electron chi connectivity index (χ1n) is 11.4. The van der Waals surface area contributed by atoms with Crippen molar-refractivity contribution in [3.05, 3.63) is 126 Å². The highest BCUT2D eigenvalue weighted by molar-refractivity contribution is 5.98. The standard InChI is InChI=1S/C29H26N2O2/c32-18-10-11-22-19-26(22)28(33)27-20-30-21-31(27)29(23-12-4-1-5-13-23,24-14-6-2-7-15-24)25-16-8-3-9-17-25/h1-9,12-18,20-22,26H,10-11,19H2. The second kappa shape index (κ2) is 8.99. The summed E-state index contributed by atoms with van der Waals surface area (Å²) in [6.45, 7) is 0. The van der Waals surface area contributed by atoms with Gasteiger partial charge in [0, 0.05) is 12.3 Å². The second-order valence-electron chi connectivity index (χ2n) is 8.67. The van der Waals surface area contributed by atoms with Crippen LogP contribution in [-0.2, 0) is 10.3 Å². The number of rotatable bonds is 9. The average molecular weight is 435 g/mol. The molecule has 5 rings (SSSR count). The van der Waals surface area contributed by atoms with Crippen molar-refractivity contribution in [3.63, 3.8) is 0 Å². The highest BCUT2D eigenvalue weighted by Gasteiger charge is 2.46. The van der Waals surface area contributed by atoms with E-state index in [2.05, 4.69) is 41.4 Å². The summed E-state index contributed by atoms with van der Waals surface area (Å²) in [5.41, 5.74) is 3.02. The second-order valence-corrected chi connectivity index (χ2v) is 8.67. The van der Waals surface area contributed by atoms with Gasteiger partial charge in [-0.2, -0.15) is 0 Å². The molecule has 0 N–H and O–H groups in total. The predicted molar refractivity (Wildman–Crippen MR) is 128 cm³/mol. The number of aldehydes is 1. The highest BCUT2D eigenvalue weighted by Crippen LogP contribution is 2.46. The number of nitrogens with zero attached hydrogens (tertiary/aromatic N) is 2. The Morgan fingerprint density at radius 3 is 1.88 bits per heavy atom. The third-order valence-corrected chi connectivity index (χ3v) is 6.74. The van der Waals surface area contributed by atoms with E-state index in [1.165, 1.54) is 0 Å². The Kier molecular flexibility index (Phi) is 5.74. The van der Waals surface area contributed by atoms with Gasteiger partial charge in [-0.05, 0) is 35.4 Å². The Bertz CT molecular complexity index is 1140. The minimum atomic E-state index is -0.752. The van der Waals surface area contributed by atoms with Crippen LogP contribution in [0, 0.1) is 11.8 Å². The zero-order valence-electron chi connectivity index (χ0n) is 18.4. The number of carbonyl (C=O) groups excluding carboxylic acids is 2. The first-order chi connectivity index (χ1) is 16.3. The summed E-state index contributed by atoms with van der Waals surface area (Å²) in [7, 11) is 0. The summed E-state index contributed by atoms with van der Waals surface area (Å²) >= 11 is 0. The Hall–Kier alpha value is -3.79. The van der Waals surface area contributed by atoms with E-state index in [-0.39, 0.29) is 17.6 Å². The molecule has 4 heteroatoms. The van der Waals surface area contributed by atoms with Gasteiger partial charge >= 0.3 is 0 Å². The molecule has 0 spiro atoms. The molecular formula is C29H26N2O2. The normalized spacial score (nSPS) is 17.5. The van der Waals surface area contributed by atoms with Crippen molar-refractivity contribution in [2.45, 2.75) is 24.8 Å². The summed E-state index contributed by atoms with van der Waals surface area (Å²) in [6.07, 6.45) is 6.54. The zero-order valence-corrected chi connectivity index (χ0v) is 18.4. The molecule has 0 amide bonds. The largest absolute Gasteiger partial charge is 0.309 e. The van der Waals surface area contributed by atoms with Gasteiger partial charge in [-0.15, -0.1) is 0 Å². The summed E-state index contributed by atoms with van der Waals surface area (Å²) < 4.78 is 2.05. The molecule has 0 bridgehead atoms. The molecular weight excluding hydrogens is 408 g/mol. The van der Waals surface area contributed by atoms with Crippen molar-refractivity contribution in [3.8, 4) is 0 Å². The van der Waals surface area contributed by atoms with Gasteiger partial charge in [-0.1, -0.05) is 91.0 Å². The summed E-state index contributed by atoms with van der Waals surface area (Å²) in [4.78, 5) is 28.9. The molecule has 1 aromatic heterocycles. The van der Waals surface area contributed by atoms with Crippen LogP contribution in [0.2, 0.25) is 0 Å². The number of benzene rings is 3. The first-order valence-corrected chi connectivity index (χ1v) is 11.4. The summed E-state index contributed by atoms with van der Waals surface area (Å²) in [6, 6.07) is 30.9. The van der Waals surface area contributed by atoms with E-state index in [9.17, 15) is 9.59 Å². The fraction of sp³-hybridized carbons (Fsp3) is 0.207. The zero-order chi connectivity index (χ0) is 22.7. The lowest BCUT2D eigenvalue weighted by Crippen LogP contribution is -2.39. The molecule has 1 saturated carbocycles. The Morgan fingerprint density at radius 2 is 1.39 bits per heavy atom. The van der Waals surface area contributed by atoms with Gasteiger partial charge in [0.2, 0.25) is 0 Å². The number of Topliss-reactive ketones (excluding diaryl/α,β-unsaturated/α-hetero) is 1. The monoisotopic (exact) mass is 434 g/mol. The Morgan fingerprint density at radius 1 is 0.879 bits per heavy atom. The molecule has 0 radical (unpaired) electrons. The molecule has 1 aliphatic carbocycles.